The molecule has 0 nitrogen and oxygen atoms in total. The summed E-state index contributed by atoms with van der Waals surface area (Å²) in [6.07, 6.45) is 20.5. The number of hydrogen-bond acceptors (Lipinski definition) is 0. The Morgan fingerprint density at radius 3 is 1.81 bits per heavy atom. The van der Waals surface area contributed by atoms with Gasteiger partial charge in [0.25, 0.3) is 0 Å². The molecule has 150 valence electrons. The molecule has 0 N–H and O–H groups in total. The van der Waals surface area contributed by atoms with Crippen LogP contribution >= 0.6 is 0 Å². The van der Waals surface area contributed by atoms with Gasteiger partial charge < -0.3 is 0 Å². The van der Waals surface area contributed by atoms with E-state index in [0.717, 1.165) is 36.2 Å². The molecule has 2 aliphatic rings. The molecule has 0 aromatic heterocycles. The zero-order chi connectivity index (χ0) is 19.1. The highest BCUT2D eigenvalue weighted by molar-refractivity contribution is 5.49. The molecule has 0 amide bonds. The Hall–Kier alpha value is -1.18. The van der Waals surface area contributed by atoms with Crippen molar-refractivity contribution < 1.29 is 8.78 Å². The highest BCUT2D eigenvalue weighted by atomic mass is 19.1. The predicted octanol–water partition coefficient (Wildman–Crippen LogP) is 8.17. The van der Waals surface area contributed by atoms with Crippen LogP contribution in [-0.4, -0.2) is 0 Å². The van der Waals surface area contributed by atoms with Crippen molar-refractivity contribution in [3.8, 4) is 0 Å². The van der Waals surface area contributed by atoms with Gasteiger partial charge in [-0.2, -0.15) is 0 Å². The van der Waals surface area contributed by atoms with E-state index >= 15 is 0 Å². The molecular formula is C25H36F2. The third-order valence-electron chi connectivity index (χ3n) is 7.08. The Kier molecular flexibility index (Phi) is 7.91. The summed E-state index contributed by atoms with van der Waals surface area (Å²) in [5, 5.41) is 0. The van der Waals surface area contributed by atoms with Crippen molar-refractivity contribution in [1.29, 1.82) is 0 Å². The van der Waals surface area contributed by atoms with E-state index in [4.69, 9.17) is 0 Å². The summed E-state index contributed by atoms with van der Waals surface area (Å²) in [6.45, 7) is 2.32. The van der Waals surface area contributed by atoms with E-state index in [1.807, 2.05) is 6.08 Å². The van der Waals surface area contributed by atoms with Crippen LogP contribution in [0.3, 0.4) is 0 Å². The molecule has 0 radical (unpaired) electrons. The molecule has 2 heteroatoms. The van der Waals surface area contributed by atoms with E-state index in [2.05, 4.69) is 13.0 Å². The third-order valence-corrected chi connectivity index (χ3v) is 7.08. The molecule has 0 atom stereocenters. The molecule has 0 heterocycles. The van der Waals surface area contributed by atoms with E-state index in [9.17, 15) is 8.78 Å². The normalized spacial score (nSPS) is 29.3. The molecule has 2 aliphatic carbocycles. The lowest BCUT2D eigenvalue weighted by Crippen LogP contribution is -2.25. The fourth-order valence-electron chi connectivity index (χ4n) is 5.53. The number of rotatable bonds is 7. The minimum atomic E-state index is -0.503. The number of benzene rings is 1. The van der Waals surface area contributed by atoms with Crippen molar-refractivity contribution in [3.63, 3.8) is 0 Å². The summed E-state index contributed by atoms with van der Waals surface area (Å²) < 4.78 is 26.4. The Morgan fingerprint density at radius 2 is 1.30 bits per heavy atom. The molecule has 0 aliphatic heterocycles. The van der Waals surface area contributed by atoms with Crippen LogP contribution in [0.2, 0.25) is 0 Å². The number of halogens is 2. The Labute approximate surface area is 164 Å². The first-order valence-corrected chi connectivity index (χ1v) is 11.3. The van der Waals surface area contributed by atoms with Gasteiger partial charge in [0.2, 0.25) is 0 Å². The van der Waals surface area contributed by atoms with Gasteiger partial charge in [0.05, 0.1) is 0 Å². The first-order chi connectivity index (χ1) is 13.1. The highest BCUT2D eigenvalue weighted by Crippen LogP contribution is 2.42. The van der Waals surface area contributed by atoms with Crippen LogP contribution in [0.25, 0.3) is 6.08 Å². The largest absolute Gasteiger partial charge is 0.207 e. The molecule has 27 heavy (non-hydrogen) atoms. The fourth-order valence-corrected chi connectivity index (χ4v) is 5.53. The summed E-state index contributed by atoms with van der Waals surface area (Å²) in [6, 6.07) is 3.70. The minimum absolute atomic E-state index is 0.503. The molecule has 0 saturated heterocycles. The first kappa shape index (κ1) is 20.6. The monoisotopic (exact) mass is 374 g/mol. The van der Waals surface area contributed by atoms with Crippen molar-refractivity contribution in [2.45, 2.75) is 84.0 Å². The van der Waals surface area contributed by atoms with Gasteiger partial charge in [-0.1, -0.05) is 57.6 Å². The molecule has 3 rings (SSSR count). The van der Waals surface area contributed by atoms with Crippen molar-refractivity contribution >= 4 is 6.08 Å². The maximum absolute atomic E-state index is 13.2. The van der Waals surface area contributed by atoms with E-state index < -0.39 is 11.6 Å². The lowest BCUT2D eigenvalue weighted by atomic mass is 9.68. The van der Waals surface area contributed by atoms with Crippen LogP contribution in [-0.2, 0) is 0 Å². The van der Waals surface area contributed by atoms with Crippen LogP contribution in [0.4, 0.5) is 8.78 Å². The molecule has 1 aromatic rings. The van der Waals surface area contributed by atoms with Gasteiger partial charge in [-0.25, -0.2) is 8.78 Å². The summed E-state index contributed by atoms with van der Waals surface area (Å²) in [5.41, 5.74) is 0.620. The van der Waals surface area contributed by atoms with Gasteiger partial charge in [-0.3, -0.25) is 0 Å². The number of allylic oxidation sites excluding steroid dienone is 1. The lowest BCUT2D eigenvalue weighted by molar-refractivity contribution is 0.141. The SMILES string of the molecule is CCC[C@H]1CC[C@H](C2CCC(CC/C=C/c3cc(F)cc(F)c3)CC2)CC1. The Bertz CT molecular complexity index is 570. The van der Waals surface area contributed by atoms with E-state index in [1.165, 1.54) is 82.8 Å². The summed E-state index contributed by atoms with van der Waals surface area (Å²) in [7, 11) is 0. The van der Waals surface area contributed by atoms with Gasteiger partial charge in [-0.15, -0.1) is 0 Å². The van der Waals surface area contributed by atoms with E-state index in [0.29, 0.717) is 5.56 Å². The third kappa shape index (κ3) is 6.43. The lowest BCUT2D eigenvalue weighted by Gasteiger charge is -2.38. The van der Waals surface area contributed by atoms with Crippen LogP contribution in [0.1, 0.15) is 89.5 Å². The quantitative estimate of drug-likeness (QED) is 0.451. The average Bonchev–Trinajstić information content (AvgIpc) is 2.66. The summed E-state index contributed by atoms with van der Waals surface area (Å²) in [5.74, 6) is 2.83. The highest BCUT2D eigenvalue weighted by Gasteiger charge is 2.30. The average molecular weight is 375 g/mol. The first-order valence-electron chi connectivity index (χ1n) is 11.3. The fraction of sp³-hybridized carbons (Fsp3) is 0.680. The zero-order valence-corrected chi connectivity index (χ0v) is 16.9. The van der Waals surface area contributed by atoms with Crippen LogP contribution < -0.4 is 0 Å². The van der Waals surface area contributed by atoms with Gasteiger partial charge in [0, 0.05) is 6.07 Å². The maximum atomic E-state index is 13.2. The van der Waals surface area contributed by atoms with Gasteiger partial charge in [0.15, 0.2) is 0 Å². The second-order valence-electron chi connectivity index (χ2n) is 9.03. The summed E-state index contributed by atoms with van der Waals surface area (Å²) in [4.78, 5) is 0. The molecule has 1 aromatic carbocycles. The zero-order valence-electron chi connectivity index (χ0n) is 16.9. The van der Waals surface area contributed by atoms with Crippen molar-refractivity contribution in [1.82, 2.24) is 0 Å². The molecule has 0 unspecified atom stereocenters. The molecule has 2 saturated carbocycles. The van der Waals surface area contributed by atoms with Crippen molar-refractivity contribution in [3.05, 3.63) is 41.5 Å². The molecule has 2 fully saturated rings. The number of hydrogen-bond donors (Lipinski definition) is 0. The second kappa shape index (κ2) is 10.4. The topological polar surface area (TPSA) is 0 Å². The van der Waals surface area contributed by atoms with Crippen LogP contribution in [0.15, 0.2) is 24.3 Å². The van der Waals surface area contributed by atoms with Crippen LogP contribution in [0, 0.1) is 35.3 Å². The van der Waals surface area contributed by atoms with E-state index in [-0.39, 0.29) is 0 Å². The second-order valence-corrected chi connectivity index (χ2v) is 9.03. The van der Waals surface area contributed by atoms with Gasteiger partial charge in [-0.05, 0) is 79.9 Å². The predicted molar refractivity (Wildman–Crippen MR) is 110 cm³/mol. The Balaban J connectivity index is 1.34. The van der Waals surface area contributed by atoms with Crippen molar-refractivity contribution in [2.75, 3.05) is 0 Å². The molecule has 0 bridgehead atoms. The van der Waals surface area contributed by atoms with Gasteiger partial charge in [0.1, 0.15) is 11.6 Å². The summed E-state index contributed by atoms with van der Waals surface area (Å²) >= 11 is 0. The molecular weight excluding hydrogens is 338 g/mol. The van der Waals surface area contributed by atoms with E-state index in [1.54, 1.807) is 0 Å². The van der Waals surface area contributed by atoms with Gasteiger partial charge >= 0.3 is 0 Å². The maximum Gasteiger partial charge on any atom is 0.126 e. The van der Waals surface area contributed by atoms with Crippen LogP contribution in [0.5, 0.6) is 0 Å². The molecule has 0 spiro atoms. The standard InChI is InChI=1S/C25H36F2/c1-2-5-19-8-12-22(13-9-19)23-14-10-20(11-15-23)6-3-4-7-21-16-24(26)18-25(27)17-21/h4,7,16-20,22-23H,2-3,5-6,8-15H2,1H3/b7-4+/t19-,20?,22-,23?. The minimum Gasteiger partial charge on any atom is -0.207 e. The van der Waals surface area contributed by atoms with Crippen molar-refractivity contribution in [2.24, 2.45) is 23.7 Å². The Morgan fingerprint density at radius 1 is 0.778 bits per heavy atom. The smallest absolute Gasteiger partial charge is 0.126 e.